The second-order valence-electron chi connectivity index (χ2n) is 6.71. The number of alkyl carbamates (subject to hydrolysis) is 1. The quantitative estimate of drug-likeness (QED) is 0.534. The first kappa shape index (κ1) is 20.9. The summed E-state index contributed by atoms with van der Waals surface area (Å²) in [5.41, 5.74) is 1.67. The van der Waals surface area contributed by atoms with Gasteiger partial charge in [0.15, 0.2) is 0 Å². The van der Waals surface area contributed by atoms with Crippen LogP contribution in [0.25, 0.3) is 10.8 Å². The van der Waals surface area contributed by atoms with Crippen LogP contribution in [0.4, 0.5) is 4.79 Å². The Hall–Kier alpha value is -3.87. The van der Waals surface area contributed by atoms with Gasteiger partial charge in [0.05, 0.1) is 0 Å². The molecule has 7 heteroatoms. The van der Waals surface area contributed by atoms with E-state index in [1.165, 1.54) is 0 Å². The van der Waals surface area contributed by atoms with E-state index in [9.17, 15) is 14.4 Å². The van der Waals surface area contributed by atoms with Gasteiger partial charge in [-0.05, 0) is 21.9 Å². The van der Waals surface area contributed by atoms with E-state index < -0.39 is 30.6 Å². The van der Waals surface area contributed by atoms with Crippen molar-refractivity contribution in [3.63, 3.8) is 0 Å². The fourth-order valence-electron chi connectivity index (χ4n) is 3.09. The summed E-state index contributed by atoms with van der Waals surface area (Å²) < 4.78 is 5.21. The van der Waals surface area contributed by atoms with Gasteiger partial charge in [0, 0.05) is 6.42 Å². The molecule has 0 heterocycles. The van der Waals surface area contributed by atoms with Crippen LogP contribution in [-0.4, -0.2) is 35.7 Å². The van der Waals surface area contributed by atoms with Gasteiger partial charge in [0.2, 0.25) is 5.91 Å². The van der Waals surface area contributed by atoms with Crippen molar-refractivity contribution in [2.24, 2.45) is 0 Å². The molecule has 0 radical (unpaired) electrons. The summed E-state index contributed by atoms with van der Waals surface area (Å²) in [6.45, 7) is -0.476. The third-order valence-electron chi connectivity index (χ3n) is 4.54. The summed E-state index contributed by atoms with van der Waals surface area (Å²) in [6.07, 6.45) is -0.567. The van der Waals surface area contributed by atoms with E-state index in [0.29, 0.717) is 0 Å². The maximum Gasteiger partial charge on any atom is 0.408 e. The number of benzene rings is 3. The number of carboxylic acid groups (broad SMARTS) is 1. The highest BCUT2D eigenvalue weighted by Gasteiger charge is 2.23. The van der Waals surface area contributed by atoms with Crippen LogP contribution in [-0.2, 0) is 27.4 Å². The summed E-state index contributed by atoms with van der Waals surface area (Å²) in [7, 11) is 0. The standard InChI is InChI=1S/C23H22N2O5/c26-21(27)14-24-22(28)20(25-23(29)30-15-16-7-2-1-3-8-16)13-18-11-6-10-17-9-4-5-12-19(17)18/h1-12,20H,13-15H2,(H,24,28)(H,25,29)(H,26,27)/t20-/m0/s1. The summed E-state index contributed by atoms with van der Waals surface area (Å²) in [4.78, 5) is 35.7. The van der Waals surface area contributed by atoms with E-state index in [4.69, 9.17) is 9.84 Å². The van der Waals surface area contributed by atoms with E-state index in [-0.39, 0.29) is 13.0 Å². The summed E-state index contributed by atoms with van der Waals surface area (Å²) in [6, 6.07) is 21.6. The van der Waals surface area contributed by atoms with E-state index in [1.807, 2.05) is 72.8 Å². The summed E-state index contributed by atoms with van der Waals surface area (Å²) >= 11 is 0. The molecule has 0 aliphatic rings. The van der Waals surface area contributed by atoms with Gasteiger partial charge in [0.25, 0.3) is 0 Å². The zero-order valence-corrected chi connectivity index (χ0v) is 16.2. The number of nitrogens with one attached hydrogen (secondary N) is 2. The lowest BCUT2D eigenvalue weighted by atomic mass is 9.98. The van der Waals surface area contributed by atoms with E-state index in [0.717, 1.165) is 21.9 Å². The number of ether oxygens (including phenoxy) is 1. The van der Waals surface area contributed by atoms with Crippen LogP contribution in [0.2, 0.25) is 0 Å². The van der Waals surface area contributed by atoms with Crippen molar-refractivity contribution in [2.75, 3.05) is 6.54 Å². The first-order chi connectivity index (χ1) is 14.5. The SMILES string of the molecule is O=C(O)CNC(=O)[C@H](Cc1cccc2ccccc12)NC(=O)OCc1ccccc1. The molecule has 30 heavy (non-hydrogen) atoms. The van der Waals surface area contributed by atoms with Crippen LogP contribution in [0.3, 0.4) is 0 Å². The first-order valence-corrected chi connectivity index (χ1v) is 9.46. The molecule has 0 fully saturated rings. The number of fused-ring (bicyclic) bond motifs is 1. The topological polar surface area (TPSA) is 105 Å². The molecule has 154 valence electrons. The van der Waals surface area contributed by atoms with Crippen molar-refractivity contribution in [1.29, 1.82) is 0 Å². The zero-order chi connectivity index (χ0) is 21.3. The van der Waals surface area contributed by atoms with Gasteiger partial charge >= 0.3 is 12.1 Å². The summed E-state index contributed by atoms with van der Waals surface area (Å²) in [5.74, 6) is -1.76. The highest BCUT2D eigenvalue weighted by molar-refractivity contribution is 5.90. The Bertz CT molecular complexity index is 1030. The maximum atomic E-state index is 12.6. The third-order valence-corrected chi connectivity index (χ3v) is 4.54. The number of carbonyl (C=O) groups excluding carboxylic acids is 2. The van der Waals surface area contributed by atoms with Gasteiger partial charge in [-0.1, -0.05) is 72.8 Å². The molecule has 0 aliphatic carbocycles. The smallest absolute Gasteiger partial charge is 0.408 e. The highest BCUT2D eigenvalue weighted by atomic mass is 16.5. The zero-order valence-electron chi connectivity index (χ0n) is 16.2. The molecule has 0 saturated heterocycles. The van der Waals surface area contributed by atoms with Gasteiger partial charge in [-0.25, -0.2) is 4.79 Å². The largest absolute Gasteiger partial charge is 0.480 e. The molecule has 0 aromatic heterocycles. The Morgan fingerprint density at radius 1 is 0.900 bits per heavy atom. The van der Waals surface area contributed by atoms with Crippen molar-refractivity contribution in [1.82, 2.24) is 10.6 Å². The molecule has 1 atom stereocenters. The number of hydrogen-bond donors (Lipinski definition) is 3. The highest BCUT2D eigenvalue weighted by Crippen LogP contribution is 2.20. The molecule has 0 aliphatic heterocycles. The average Bonchev–Trinajstić information content (AvgIpc) is 2.76. The minimum absolute atomic E-state index is 0.0599. The molecule has 7 nitrogen and oxygen atoms in total. The van der Waals surface area contributed by atoms with Gasteiger partial charge in [-0.15, -0.1) is 0 Å². The molecule has 0 saturated carbocycles. The normalized spacial score (nSPS) is 11.5. The summed E-state index contributed by atoms with van der Waals surface area (Å²) in [5, 5.41) is 15.7. The molecule has 0 spiro atoms. The Balaban J connectivity index is 1.73. The minimum atomic E-state index is -1.17. The number of carbonyl (C=O) groups is 3. The van der Waals surface area contributed by atoms with Crippen molar-refractivity contribution in [3.8, 4) is 0 Å². The molecule has 0 unspecified atom stereocenters. The third kappa shape index (κ3) is 5.81. The monoisotopic (exact) mass is 406 g/mol. The van der Waals surface area contributed by atoms with E-state index in [1.54, 1.807) is 0 Å². The predicted octanol–water partition coefficient (Wildman–Crippen LogP) is 2.88. The molecular formula is C23H22N2O5. The van der Waals surface area contributed by atoms with Gasteiger partial charge < -0.3 is 20.5 Å². The fourth-order valence-corrected chi connectivity index (χ4v) is 3.09. The van der Waals surface area contributed by atoms with Crippen molar-refractivity contribution in [3.05, 3.63) is 83.9 Å². The Morgan fingerprint density at radius 3 is 2.37 bits per heavy atom. The van der Waals surface area contributed by atoms with Crippen molar-refractivity contribution >= 4 is 28.7 Å². The predicted molar refractivity (Wildman–Crippen MR) is 112 cm³/mol. The van der Waals surface area contributed by atoms with E-state index in [2.05, 4.69) is 10.6 Å². The molecular weight excluding hydrogens is 384 g/mol. The van der Waals surface area contributed by atoms with Gasteiger partial charge in [0.1, 0.15) is 19.2 Å². The van der Waals surface area contributed by atoms with Crippen LogP contribution >= 0.6 is 0 Å². The number of hydrogen-bond acceptors (Lipinski definition) is 4. The van der Waals surface area contributed by atoms with Crippen molar-refractivity contribution < 1.29 is 24.2 Å². The molecule has 3 N–H and O–H groups in total. The number of aliphatic carboxylic acids is 1. The van der Waals surface area contributed by atoms with Gasteiger partial charge in [-0.3, -0.25) is 9.59 Å². The maximum absolute atomic E-state index is 12.6. The molecule has 3 aromatic carbocycles. The lowest BCUT2D eigenvalue weighted by molar-refractivity contribution is -0.138. The molecule has 0 bridgehead atoms. The van der Waals surface area contributed by atoms with E-state index >= 15 is 0 Å². The Labute approximate surface area is 173 Å². The molecule has 3 rings (SSSR count). The van der Waals surface area contributed by atoms with Crippen LogP contribution in [0.15, 0.2) is 72.8 Å². The average molecular weight is 406 g/mol. The lowest BCUT2D eigenvalue weighted by Crippen LogP contribution is -2.49. The van der Waals surface area contributed by atoms with Crippen LogP contribution in [0.5, 0.6) is 0 Å². The Kier molecular flexibility index (Phi) is 7.00. The van der Waals surface area contributed by atoms with Crippen LogP contribution in [0.1, 0.15) is 11.1 Å². The second-order valence-corrected chi connectivity index (χ2v) is 6.71. The molecule has 2 amide bonds. The lowest BCUT2D eigenvalue weighted by Gasteiger charge is -2.19. The number of carboxylic acids is 1. The fraction of sp³-hybridized carbons (Fsp3) is 0.174. The number of amides is 2. The number of rotatable bonds is 8. The minimum Gasteiger partial charge on any atom is -0.480 e. The molecule has 3 aromatic rings. The van der Waals surface area contributed by atoms with Crippen LogP contribution in [0, 0.1) is 0 Å². The second kappa shape index (κ2) is 10.1. The first-order valence-electron chi connectivity index (χ1n) is 9.46. The Morgan fingerprint density at radius 2 is 1.60 bits per heavy atom. The van der Waals surface area contributed by atoms with Crippen molar-refractivity contribution in [2.45, 2.75) is 19.1 Å². The van der Waals surface area contributed by atoms with Gasteiger partial charge in [-0.2, -0.15) is 0 Å². The van der Waals surface area contributed by atoms with Crippen LogP contribution < -0.4 is 10.6 Å².